The Labute approximate surface area is 229 Å². The minimum absolute atomic E-state index is 0.155. The number of phenolic OH excluding ortho intramolecular Hbond substituents is 1. The van der Waals surface area contributed by atoms with Gasteiger partial charge >= 0.3 is 6.18 Å². The first-order valence-corrected chi connectivity index (χ1v) is 13.1. The molecule has 3 aromatic heterocycles. The SMILES string of the molecule is CC(C)(CC(O)(Cc1cc2nc(CN3CCOCC3)ccc2[nH]1)C(F)(F)F)c1cc(-c2cncnc2)ccc1O. The van der Waals surface area contributed by atoms with Crippen LogP contribution in [0.2, 0.25) is 0 Å². The second-order valence-corrected chi connectivity index (χ2v) is 11.0. The Balaban J connectivity index is 1.41. The van der Waals surface area contributed by atoms with Crippen LogP contribution in [0, 0.1) is 0 Å². The van der Waals surface area contributed by atoms with Crippen LogP contribution in [-0.2, 0) is 23.1 Å². The smallest absolute Gasteiger partial charge is 0.417 e. The fourth-order valence-corrected chi connectivity index (χ4v) is 5.39. The third-order valence-corrected chi connectivity index (χ3v) is 7.44. The van der Waals surface area contributed by atoms with E-state index >= 15 is 0 Å². The molecule has 1 aromatic carbocycles. The zero-order valence-electron chi connectivity index (χ0n) is 22.4. The van der Waals surface area contributed by atoms with Gasteiger partial charge in [0.25, 0.3) is 0 Å². The highest BCUT2D eigenvalue weighted by molar-refractivity contribution is 5.76. The first kappa shape index (κ1) is 28.0. The van der Waals surface area contributed by atoms with Crippen LogP contribution in [-0.4, -0.2) is 73.1 Å². The highest BCUT2D eigenvalue weighted by Crippen LogP contribution is 2.45. The average Bonchev–Trinajstić information content (AvgIpc) is 3.30. The molecule has 4 aromatic rings. The van der Waals surface area contributed by atoms with E-state index in [1.54, 1.807) is 50.5 Å². The molecule has 0 amide bonds. The predicted octanol–water partition coefficient (Wildman–Crippen LogP) is 4.76. The minimum Gasteiger partial charge on any atom is -0.508 e. The summed E-state index contributed by atoms with van der Waals surface area (Å²) in [5.74, 6) is -0.155. The second-order valence-electron chi connectivity index (χ2n) is 11.0. The molecule has 0 bridgehead atoms. The van der Waals surface area contributed by atoms with Gasteiger partial charge in [-0.1, -0.05) is 19.9 Å². The number of aromatic nitrogens is 4. The average molecular weight is 556 g/mol. The van der Waals surface area contributed by atoms with E-state index in [1.165, 1.54) is 12.4 Å². The van der Waals surface area contributed by atoms with Crippen molar-refractivity contribution >= 4 is 11.0 Å². The van der Waals surface area contributed by atoms with Crippen LogP contribution in [0.1, 0.15) is 37.2 Å². The Morgan fingerprint density at radius 1 is 1.00 bits per heavy atom. The Bertz CT molecular complexity index is 1470. The minimum atomic E-state index is -4.93. The van der Waals surface area contributed by atoms with E-state index in [0.29, 0.717) is 41.9 Å². The summed E-state index contributed by atoms with van der Waals surface area (Å²) in [4.78, 5) is 17.8. The van der Waals surface area contributed by atoms with E-state index in [2.05, 4.69) is 24.8 Å². The van der Waals surface area contributed by atoms with Crippen molar-refractivity contribution in [2.75, 3.05) is 26.3 Å². The number of aromatic hydroxyl groups is 1. The molecule has 0 saturated carbocycles. The largest absolute Gasteiger partial charge is 0.508 e. The number of nitrogens with zero attached hydrogens (tertiary/aromatic N) is 4. The third kappa shape index (κ3) is 5.96. The van der Waals surface area contributed by atoms with Crippen LogP contribution >= 0.6 is 0 Å². The van der Waals surface area contributed by atoms with Crippen molar-refractivity contribution in [2.24, 2.45) is 0 Å². The van der Waals surface area contributed by atoms with E-state index in [1.807, 2.05) is 6.07 Å². The number of aliphatic hydroxyl groups is 1. The summed E-state index contributed by atoms with van der Waals surface area (Å²) in [6.07, 6.45) is -1.77. The summed E-state index contributed by atoms with van der Waals surface area (Å²) in [5, 5.41) is 21.8. The molecule has 0 radical (unpaired) electrons. The van der Waals surface area contributed by atoms with Crippen LogP contribution in [0.4, 0.5) is 13.2 Å². The summed E-state index contributed by atoms with van der Waals surface area (Å²) >= 11 is 0. The van der Waals surface area contributed by atoms with Gasteiger partial charge in [0.15, 0.2) is 5.60 Å². The van der Waals surface area contributed by atoms with Gasteiger partial charge in [0.2, 0.25) is 0 Å². The van der Waals surface area contributed by atoms with E-state index in [0.717, 1.165) is 18.8 Å². The van der Waals surface area contributed by atoms with Crippen molar-refractivity contribution in [3.8, 4) is 16.9 Å². The topological polar surface area (TPSA) is 107 Å². The third-order valence-electron chi connectivity index (χ3n) is 7.44. The van der Waals surface area contributed by atoms with Crippen molar-refractivity contribution in [1.82, 2.24) is 24.8 Å². The molecule has 5 rings (SSSR count). The summed E-state index contributed by atoms with van der Waals surface area (Å²) in [6.45, 7) is 6.69. The quantitative estimate of drug-likeness (QED) is 0.288. The number of fused-ring (bicyclic) bond motifs is 1. The Hall–Kier alpha value is -3.54. The van der Waals surface area contributed by atoms with Crippen molar-refractivity contribution < 1.29 is 28.1 Å². The number of rotatable bonds is 8. The van der Waals surface area contributed by atoms with Gasteiger partial charge in [0, 0.05) is 55.3 Å². The van der Waals surface area contributed by atoms with Gasteiger partial charge in [-0.3, -0.25) is 4.90 Å². The normalized spacial score (nSPS) is 16.8. The number of hydrogen-bond donors (Lipinski definition) is 3. The molecular weight excluding hydrogens is 523 g/mol. The number of benzene rings is 1. The summed E-state index contributed by atoms with van der Waals surface area (Å²) in [7, 11) is 0. The van der Waals surface area contributed by atoms with Crippen LogP contribution < -0.4 is 0 Å². The molecule has 0 spiro atoms. The molecule has 1 aliphatic heterocycles. The lowest BCUT2D eigenvalue weighted by Crippen LogP contribution is -2.50. The molecule has 11 heteroatoms. The van der Waals surface area contributed by atoms with Gasteiger partial charge in [-0.05, 0) is 47.7 Å². The Kier molecular flexibility index (Phi) is 7.56. The number of phenols is 1. The van der Waals surface area contributed by atoms with Crippen molar-refractivity contribution in [1.29, 1.82) is 0 Å². The molecule has 1 atom stereocenters. The van der Waals surface area contributed by atoms with Gasteiger partial charge in [-0.25, -0.2) is 15.0 Å². The maximum absolute atomic E-state index is 14.5. The molecular formula is C29H32F3N5O3. The van der Waals surface area contributed by atoms with Gasteiger partial charge < -0.3 is 19.9 Å². The number of H-pyrrole nitrogens is 1. The summed E-state index contributed by atoms with van der Waals surface area (Å²) in [6, 6.07) is 9.92. The monoisotopic (exact) mass is 555 g/mol. The molecule has 1 fully saturated rings. The second kappa shape index (κ2) is 10.8. The van der Waals surface area contributed by atoms with Gasteiger partial charge in [0.1, 0.15) is 12.1 Å². The van der Waals surface area contributed by atoms with Crippen LogP contribution in [0.25, 0.3) is 22.2 Å². The molecule has 1 aliphatic rings. The van der Waals surface area contributed by atoms with Crippen LogP contribution in [0.3, 0.4) is 0 Å². The first-order chi connectivity index (χ1) is 18.9. The molecule has 40 heavy (non-hydrogen) atoms. The van der Waals surface area contributed by atoms with E-state index < -0.39 is 30.0 Å². The number of hydrogen-bond acceptors (Lipinski definition) is 7. The summed E-state index contributed by atoms with van der Waals surface area (Å²) in [5.41, 5.74) is -0.576. The standard InChI is InChI=1S/C29H32F3N5O3/c1-27(2,23-11-19(3-6-26(23)38)20-14-33-18-34-15-20)17-28(39,29(30,31)32)13-22-12-25-24(36-22)5-4-21(35-25)16-37-7-9-40-10-8-37/h3-6,11-12,14-15,18,36,38-39H,7-10,13,16-17H2,1-2H3. The number of aromatic amines is 1. The number of pyridine rings is 1. The number of morpholine rings is 1. The molecule has 4 heterocycles. The van der Waals surface area contributed by atoms with Crippen LogP contribution in [0.5, 0.6) is 5.75 Å². The van der Waals surface area contributed by atoms with E-state index in [9.17, 15) is 23.4 Å². The number of ether oxygens (including phenoxy) is 1. The number of halogens is 3. The number of alkyl halides is 3. The van der Waals surface area contributed by atoms with Crippen molar-refractivity contribution in [2.45, 2.75) is 50.4 Å². The van der Waals surface area contributed by atoms with Gasteiger partial charge in [-0.2, -0.15) is 13.2 Å². The summed E-state index contributed by atoms with van der Waals surface area (Å²) < 4.78 is 48.8. The molecule has 1 saturated heterocycles. The highest BCUT2D eigenvalue weighted by atomic mass is 19.4. The van der Waals surface area contributed by atoms with Gasteiger partial charge in [-0.15, -0.1) is 0 Å². The predicted molar refractivity (Wildman–Crippen MR) is 144 cm³/mol. The Morgan fingerprint density at radius 3 is 2.42 bits per heavy atom. The zero-order valence-corrected chi connectivity index (χ0v) is 22.4. The highest BCUT2D eigenvalue weighted by Gasteiger charge is 2.56. The first-order valence-electron chi connectivity index (χ1n) is 13.1. The Morgan fingerprint density at radius 2 is 1.73 bits per heavy atom. The molecule has 1 unspecified atom stereocenters. The molecule has 0 aliphatic carbocycles. The molecule has 8 nitrogen and oxygen atoms in total. The van der Waals surface area contributed by atoms with Crippen LogP contribution in [0.15, 0.2) is 55.1 Å². The van der Waals surface area contributed by atoms with Crippen molar-refractivity contribution in [3.63, 3.8) is 0 Å². The molecule has 3 N–H and O–H groups in total. The fraction of sp³-hybridized carbons (Fsp3) is 0.414. The van der Waals surface area contributed by atoms with E-state index in [-0.39, 0.29) is 17.0 Å². The fourth-order valence-electron chi connectivity index (χ4n) is 5.39. The molecule has 212 valence electrons. The lowest BCUT2D eigenvalue weighted by molar-refractivity contribution is -0.266. The van der Waals surface area contributed by atoms with Crippen molar-refractivity contribution in [3.05, 3.63) is 72.1 Å². The van der Waals surface area contributed by atoms with Gasteiger partial charge in [0.05, 0.1) is 29.9 Å². The lowest BCUT2D eigenvalue weighted by Gasteiger charge is -2.38. The number of nitrogens with one attached hydrogen (secondary N) is 1. The maximum Gasteiger partial charge on any atom is 0.417 e. The van der Waals surface area contributed by atoms with E-state index in [4.69, 9.17) is 4.74 Å². The zero-order chi connectivity index (χ0) is 28.5. The lowest BCUT2D eigenvalue weighted by atomic mass is 9.72. The maximum atomic E-state index is 14.5.